The second kappa shape index (κ2) is 8.49. The van der Waals surface area contributed by atoms with Crippen molar-refractivity contribution in [1.82, 2.24) is 10.6 Å². The molecule has 3 amide bonds. The molecule has 1 unspecified atom stereocenters. The Morgan fingerprint density at radius 1 is 1.19 bits per heavy atom. The average molecular weight is 301 g/mol. The molecule has 0 saturated carbocycles. The normalized spacial score (nSPS) is 12.8. The maximum absolute atomic E-state index is 12.1. The third kappa shape index (κ3) is 6.01. The van der Waals surface area contributed by atoms with Crippen molar-refractivity contribution in [2.75, 3.05) is 6.54 Å². The van der Waals surface area contributed by atoms with Gasteiger partial charge in [-0.3, -0.25) is 9.59 Å². The van der Waals surface area contributed by atoms with Gasteiger partial charge in [-0.25, -0.2) is 4.79 Å². The van der Waals surface area contributed by atoms with Gasteiger partial charge in [0.1, 0.15) is 6.04 Å². The lowest BCUT2D eigenvalue weighted by atomic mass is 9.82. The third-order valence-electron chi connectivity index (χ3n) is 3.75. The number of carboxylic acid groups (broad SMARTS) is 1. The second-order valence-electron chi connectivity index (χ2n) is 5.70. The first-order valence-corrected chi connectivity index (χ1v) is 7.25. The minimum Gasteiger partial charge on any atom is -0.481 e. The van der Waals surface area contributed by atoms with E-state index in [9.17, 15) is 19.5 Å². The molecular weight excluding hydrogens is 274 g/mol. The number of hydrogen-bond donors (Lipinski definition) is 4. The summed E-state index contributed by atoms with van der Waals surface area (Å²) in [5.74, 6) is -1.15. The van der Waals surface area contributed by atoms with Gasteiger partial charge in [0.2, 0.25) is 5.91 Å². The van der Waals surface area contributed by atoms with Crippen LogP contribution in [0.4, 0.5) is 4.79 Å². The summed E-state index contributed by atoms with van der Waals surface area (Å²) in [5, 5.41) is 14.3. The molecule has 7 heteroatoms. The smallest absolute Gasteiger partial charge is 0.312 e. The van der Waals surface area contributed by atoms with Crippen LogP contribution in [0.1, 0.15) is 47.0 Å². The van der Waals surface area contributed by atoms with Crippen LogP contribution in [0, 0.1) is 11.3 Å². The van der Waals surface area contributed by atoms with Crippen molar-refractivity contribution < 1.29 is 19.5 Å². The Kier molecular flexibility index (Phi) is 7.76. The van der Waals surface area contributed by atoms with Crippen molar-refractivity contribution in [1.29, 1.82) is 0 Å². The van der Waals surface area contributed by atoms with Crippen LogP contribution in [0.15, 0.2) is 0 Å². The number of carbonyl (C=O) groups is 3. The van der Waals surface area contributed by atoms with E-state index in [0.717, 1.165) is 0 Å². The molecule has 0 fully saturated rings. The van der Waals surface area contributed by atoms with E-state index in [1.54, 1.807) is 13.8 Å². The van der Waals surface area contributed by atoms with E-state index in [1.165, 1.54) is 0 Å². The van der Waals surface area contributed by atoms with Crippen LogP contribution in [-0.4, -0.2) is 35.6 Å². The Balaban J connectivity index is 4.81. The first-order valence-electron chi connectivity index (χ1n) is 7.25. The van der Waals surface area contributed by atoms with Gasteiger partial charge in [0, 0.05) is 6.54 Å². The van der Waals surface area contributed by atoms with Crippen LogP contribution >= 0.6 is 0 Å². The molecule has 1 atom stereocenters. The van der Waals surface area contributed by atoms with E-state index in [4.69, 9.17) is 5.73 Å². The Hall–Kier alpha value is -1.79. The van der Waals surface area contributed by atoms with Crippen molar-refractivity contribution in [2.45, 2.75) is 53.0 Å². The molecule has 0 aromatic rings. The van der Waals surface area contributed by atoms with Crippen molar-refractivity contribution in [3.05, 3.63) is 0 Å². The number of carboxylic acids is 1. The Labute approximate surface area is 125 Å². The summed E-state index contributed by atoms with van der Waals surface area (Å²) in [5.41, 5.74) is 4.08. The molecule has 0 saturated heterocycles. The molecule has 0 spiro atoms. The lowest BCUT2D eigenvalue weighted by Gasteiger charge is -2.28. The fourth-order valence-corrected chi connectivity index (χ4v) is 2.13. The molecule has 5 N–H and O–H groups in total. The van der Waals surface area contributed by atoms with Crippen LogP contribution in [0.5, 0.6) is 0 Å². The molecule has 0 radical (unpaired) electrons. The zero-order valence-corrected chi connectivity index (χ0v) is 13.2. The lowest BCUT2D eigenvalue weighted by molar-refractivity contribution is -0.149. The molecule has 0 aliphatic heterocycles. The van der Waals surface area contributed by atoms with Gasteiger partial charge in [0.25, 0.3) is 0 Å². The van der Waals surface area contributed by atoms with E-state index in [0.29, 0.717) is 19.3 Å². The van der Waals surface area contributed by atoms with Gasteiger partial charge in [-0.2, -0.15) is 0 Å². The average Bonchev–Trinajstić information content (AvgIpc) is 2.38. The predicted molar refractivity (Wildman–Crippen MR) is 79.6 cm³/mol. The first kappa shape index (κ1) is 19.2. The topological polar surface area (TPSA) is 122 Å². The largest absolute Gasteiger partial charge is 0.481 e. The molecule has 0 aliphatic carbocycles. The minimum absolute atomic E-state index is 0.0310. The molecule has 7 nitrogen and oxygen atoms in total. The number of urea groups is 1. The predicted octanol–water partition coefficient (Wildman–Crippen LogP) is 1.08. The van der Waals surface area contributed by atoms with Crippen LogP contribution < -0.4 is 16.4 Å². The summed E-state index contributed by atoms with van der Waals surface area (Å²) in [6, 6.07) is -1.52. The van der Waals surface area contributed by atoms with Crippen molar-refractivity contribution >= 4 is 17.9 Å². The number of hydrogen-bond acceptors (Lipinski definition) is 3. The fourth-order valence-electron chi connectivity index (χ4n) is 2.13. The molecule has 0 aromatic heterocycles. The maximum atomic E-state index is 12.1. The second-order valence-corrected chi connectivity index (χ2v) is 5.70. The summed E-state index contributed by atoms with van der Waals surface area (Å²) >= 11 is 0. The van der Waals surface area contributed by atoms with Gasteiger partial charge >= 0.3 is 12.0 Å². The fraction of sp³-hybridized carbons (Fsp3) is 0.786. The zero-order valence-electron chi connectivity index (χ0n) is 13.2. The van der Waals surface area contributed by atoms with E-state index in [-0.39, 0.29) is 12.5 Å². The van der Waals surface area contributed by atoms with Crippen LogP contribution in [0.3, 0.4) is 0 Å². The van der Waals surface area contributed by atoms with Crippen molar-refractivity contribution in [3.63, 3.8) is 0 Å². The lowest BCUT2D eigenvalue weighted by Crippen LogP contribution is -2.52. The highest BCUT2D eigenvalue weighted by Gasteiger charge is 2.35. The molecule has 0 rings (SSSR count). The highest BCUT2D eigenvalue weighted by Crippen LogP contribution is 2.25. The number of amides is 3. The van der Waals surface area contributed by atoms with Gasteiger partial charge in [-0.05, 0) is 25.2 Å². The number of carbonyl (C=O) groups excluding carboxylic acids is 2. The highest BCUT2D eigenvalue weighted by atomic mass is 16.4. The van der Waals surface area contributed by atoms with E-state index < -0.39 is 29.4 Å². The van der Waals surface area contributed by atoms with E-state index in [2.05, 4.69) is 10.6 Å². The molecule has 0 aliphatic rings. The van der Waals surface area contributed by atoms with Crippen LogP contribution in [-0.2, 0) is 9.59 Å². The van der Waals surface area contributed by atoms with E-state index in [1.807, 2.05) is 13.8 Å². The number of rotatable bonds is 9. The monoisotopic (exact) mass is 301 g/mol. The summed E-state index contributed by atoms with van der Waals surface area (Å²) in [6.45, 7) is 7.42. The van der Waals surface area contributed by atoms with Crippen molar-refractivity contribution in [3.8, 4) is 0 Å². The summed E-state index contributed by atoms with van der Waals surface area (Å²) in [7, 11) is 0. The maximum Gasteiger partial charge on any atom is 0.312 e. The molecule has 0 aromatic carbocycles. The van der Waals surface area contributed by atoms with E-state index >= 15 is 0 Å². The first-order chi connectivity index (χ1) is 9.68. The molecule has 122 valence electrons. The minimum atomic E-state index is -0.981. The number of aliphatic carboxylic acids is 1. The van der Waals surface area contributed by atoms with Crippen LogP contribution in [0.25, 0.3) is 0 Å². The molecule has 0 bridgehead atoms. The summed E-state index contributed by atoms with van der Waals surface area (Å²) in [6.07, 6.45) is 1.27. The SMILES string of the molecule is CCC(CC)(CNC(=O)C(CC(C)C)NC(N)=O)C(=O)O. The Bertz CT molecular complexity index is 378. The van der Waals surface area contributed by atoms with Crippen molar-refractivity contribution in [2.24, 2.45) is 17.1 Å². The van der Waals surface area contributed by atoms with Gasteiger partial charge in [0.05, 0.1) is 5.41 Å². The van der Waals surface area contributed by atoms with Gasteiger partial charge in [-0.1, -0.05) is 27.7 Å². The van der Waals surface area contributed by atoms with Gasteiger partial charge in [-0.15, -0.1) is 0 Å². The highest BCUT2D eigenvalue weighted by molar-refractivity contribution is 5.87. The molecular formula is C14H27N3O4. The summed E-state index contributed by atoms with van der Waals surface area (Å²) < 4.78 is 0. The Morgan fingerprint density at radius 3 is 2.05 bits per heavy atom. The number of nitrogens with one attached hydrogen (secondary N) is 2. The molecule has 21 heavy (non-hydrogen) atoms. The molecule has 0 heterocycles. The Morgan fingerprint density at radius 2 is 1.71 bits per heavy atom. The van der Waals surface area contributed by atoms with Gasteiger partial charge < -0.3 is 21.5 Å². The standard InChI is InChI=1S/C14H27N3O4/c1-5-14(6-2,12(19)20)8-16-11(18)10(7-9(3)4)17-13(15)21/h9-10H,5-8H2,1-4H3,(H,16,18)(H,19,20)(H3,15,17,21). The number of primary amides is 1. The summed E-state index contributed by atoms with van der Waals surface area (Å²) in [4.78, 5) is 34.5. The van der Waals surface area contributed by atoms with Gasteiger partial charge in [0.15, 0.2) is 0 Å². The quantitative estimate of drug-likeness (QED) is 0.509. The third-order valence-corrected chi connectivity index (χ3v) is 3.75. The zero-order chi connectivity index (χ0) is 16.6. The number of nitrogens with two attached hydrogens (primary N) is 1. The van der Waals surface area contributed by atoms with Crippen LogP contribution in [0.2, 0.25) is 0 Å².